The Balaban J connectivity index is 2.57. The zero-order valence-corrected chi connectivity index (χ0v) is 7.07. The molecule has 2 heterocycles. The van der Waals surface area contributed by atoms with Crippen molar-refractivity contribution < 1.29 is 0 Å². The van der Waals surface area contributed by atoms with E-state index in [1.54, 1.807) is 0 Å². The molecule has 2 aromatic rings. The van der Waals surface area contributed by atoms with E-state index >= 15 is 0 Å². The second-order valence-electron chi connectivity index (χ2n) is 2.72. The second-order valence-corrected chi connectivity index (χ2v) is 2.72. The lowest BCUT2D eigenvalue weighted by atomic mass is 10.2. The Kier molecular flexibility index (Phi) is 1.82. The summed E-state index contributed by atoms with van der Waals surface area (Å²) in [6, 6.07) is 6.13. The first-order chi connectivity index (χ1) is 5.92. The summed E-state index contributed by atoms with van der Waals surface area (Å²) in [6.07, 6.45) is 7.05. The molecule has 0 aliphatic heterocycles. The van der Waals surface area contributed by atoms with Crippen LogP contribution in [-0.2, 0) is 0 Å². The Bertz CT molecular complexity index is 376. The largest absolute Gasteiger partial charge is 0.304 e. The predicted octanol–water partition coefficient (Wildman–Crippen LogP) is 2.30. The van der Waals surface area contributed by atoms with Gasteiger partial charge in [-0.3, -0.25) is 0 Å². The monoisotopic (exact) mass is 159 g/mol. The number of hydrogen-bond acceptors (Lipinski definition) is 1. The fourth-order valence-corrected chi connectivity index (χ4v) is 1.35. The average Bonchev–Trinajstić information content (AvgIpc) is 2.53. The van der Waals surface area contributed by atoms with Crippen molar-refractivity contribution in [3.63, 3.8) is 0 Å². The van der Waals surface area contributed by atoms with Crippen molar-refractivity contribution in [3.8, 4) is 0 Å². The molecule has 0 fully saturated rings. The Morgan fingerprint density at radius 2 is 2.42 bits per heavy atom. The van der Waals surface area contributed by atoms with Crippen LogP contribution < -0.4 is 0 Å². The Morgan fingerprint density at radius 3 is 3.25 bits per heavy atom. The summed E-state index contributed by atoms with van der Waals surface area (Å²) in [4.78, 5) is 4.20. The van der Waals surface area contributed by atoms with Crippen LogP contribution in [0.3, 0.4) is 0 Å². The van der Waals surface area contributed by atoms with Crippen molar-refractivity contribution in [2.45, 2.75) is 13.3 Å². The van der Waals surface area contributed by atoms with E-state index in [-0.39, 0.29) is 0 Å². The van der Waals surface area contributed by atoms with Crippen LogP contribution in [0, 0.1) is 6.42 Å². The van der Waals surface area contributed by atoms with Crippen LogP contribution >= 0.6 is 0 Å². The third-order valence-corrected chi connectivity index (χ3v) is 1.87. The first-order valence-electron chi connectivity index (χ1n) is 4.17. The van der Waals surface area contributed by atoms with E-state index in [9.17, 15) is 0 Å². The molecule has 0 atom stereocenters. The maximum absolute atomic E-state index is 4.20. The summed E-state index contributed by atoms with van der Waals surface area (Å²) in [6.45, 7) is 2.13. The van der Waals surface area contributed by atoms with Crippen LogP contribution in [0.25, 0.3) is 5.65 Å². The molecule has 0 aliphatic rings. The Morgan fingerprint density at radius 1 is 1.50 bits per heavy atom. The predicted molar refractivity (Wildman–Crippen MR) is 48.9 cm³/mol. The summed E-state index contributed by atoms with van der Waals surface area (Å²) in [5, 5.41) is 0. The molecule has 2 heteroatoms. The summed E-state index contributed by atoms with van der Waals surface area (Å²) in [5.74, 6) is 0. The highest BCUT2D eigenvalue weighted by molar-refractivity contribution is 5.41. The van der Waals surface area contributed by atoms with Gasteiger partial charge in [0.05, 0.1) is 0 Å². The van der Waals surface area contributed by atoms with Gasteiger partial charge >= 0.3 is 0 Å². The molecule has 1 radical (unpaired) electrons. The number of aromatic nitrogens is 2. The third-order valence-electron chi connectivity index (χ3n) is 1.87. The van der Waals surface area contributed by atoms with E-state index in [2.05, 4.69) is 28.8 Å². The lowest BCUT2D eigenvalue weighted by Gasteiger charge is -2.01. The third kappa shape index (κ3) is 1.09. The molecule has 0 bridgehead atoms. The van der Waals surface area contributed by atoms with Gasteiger partial charge < -0.3 is 4.40 Å². The number of imidazole rings is 1. The molecule has 0 saturated heterocycles. The maximum Gasteiger partial charge on any atom is 0.136 e. The van der Waals surface area contributed by atoms with Gasteiger partial charge in [-0.1, -0.05) is 13.0 Å². The van der Waals surface area contributed by atoms with Crippen molar-refractivity contribution in [2.75, 3.05) is 0 Å². The first-order valence-corrected chi connectivity index (χ1v) is 4.17. The molecule has 61 valence electrons. The van der Waals surface area contributed by atoms with E-state index in [0.29, 0.717) is 0 Å². The molecule has 0 unspecified atom stereocenters. The van der Waals surface area contributed by atoms with Crippen LogP contribution in [-0.4, -0.2) is 9.38 Å². The molecular formula is C10H11N2. The number of nitrogens with zero attached hydrogens (tertiary/aromatic N) is 2. The van der Waals surface area contributed by atoms with Crippen LogP contribution in [0.2, 0.25) is 0 Å². The van der Waals surface area contributed by atoms with Gasteiger partial charge in [0.1, 0.15) is 5.65 Å². The highest BCUT2D eigenvalue weighted by Crippen LogP contribution is 2.08. The van der Waals surface area contributed by atoms with Gasteiger partial charge in [-0.2, -0.15) is 0 Å². The number of hydrogen-bond donors (Lipinski definition) is 0. The van der Waals surface area contributed by atoms with Gasteiger partial charge in [0, 0.05) is 24.5 Å². The number of rotatable bonds is 2. The quantitative estimate of drug-likeness (QED) is 0.657. The minimum Gasteiger partial charge on any atom is -0.304 e. The highest BCUT2D eigenvalue weighted by Gasteiger charge is 1.97. The van der Waals surface area contributed by atoms with E-state index in [4.69, 9.17) is 0 Å². The van der Waals surface area contributed by atoms with Crippen molar-refractivity contribution >= 4 is 5.65 Å². The van der Waals surface area contributed by atoms with Crippen LogP contribution in [0.15, 0.2) is 30.6 Å². The molecule has 0 aromatic carbocycles. The number of fused-ring (bicyclic) bond motifs is 1. The molecule has 0 N–H and O–H groups in total. The fraction of sp³-hybridized carbons (Fsp3) is 0.200. The van der Waals surface area contributed by atoms with Gasteiger partial charge in [0.25, 0.3) is 0 Å². The maximum atomic E-state index is 4.20. The summed E-state index contributed by atoms with van der Waals surface area (Å²) >= 11 is 0. The minimum absolute atomic E-state index is 1.01. The van der Waals surface area contributed by atoms with E-state index in [1.807, 2.05) is 24.5 Å². The van der Waals surface area contributed by atoms with Crippen molar-refractivity contribution in [3.05, 3.63) is 42.7 Å². The van der Waals surface area contributed by atoms with Gasteiger partial charge in [0.15, 0.2) is 0 Å². The average molecular weight is 159 g/mol. The molecule has 12 heavy (non-hydrogen) atoms. The molecule has 0 spiro atoms. The lowest BCUT2D eigenvalue weighted by Crippen LogP contribution is -1.92. The Hall–Kier alpha value is -1.31. The van der Waals surface area contributed by atoms with Gasteiger partial charge in [-0.25, -0.2) is 4.98 Å². The zero-order chi connectivity index (χ0) is 8.39. The van der Waals surface area contributed by atoms with Crippen LogP contribution in [0.5, 0.6) is 0 Å². The van der Waals surface area contributed by atoms with Crippen LogP contribution in [0.1, 0.15) is 19.0 Å². The molecule has 0 saturated carbocycles. The standard InChI is InChI=1S/C10H11N2/c1-2-4-9-5-3-6-10-11-7-8-12(9)10/h3-8H,2H2,1H3. The Labute approximate surface area is 71.9 Å². The van der Waals surface area contributed by atoms with Crippen LogP contribution in [0.4, 0.5) is 0 Å². The smallest absolute Gasteiger partial charge is 0.136 e. The zero-order valence-electron chi connectivity index (χ0n) is 7.07. The van der Waals surface area contributed by atoms with Crippen molar-refractivity contribution in [1.82, 2.24) is 9.38 Å². The molecular weight excluding hydrogens is 148 g/mol. The summed E-state index contributed by atoms with van der Waals surface area (Å²) < 4.78 is 2.09. The van der Waals surface area contributed by atoms with Crippen molar-refractivity contribution in [2.24, 2.45) is 0 Å². The molecule has 2 rings (SSSR count). The second kappa shape index (κ2) is 2.97. The molecule has 0 amide bonds. The van der Waals surface area contributed by atoms with Gasteiger partial charge in [-0.05, 0) is 18.6 Å². The normalized spacial score (nSPS) is 10.8. The van der Waals surface area contributed by atoms with Crippen molar-refractivity contribution in [1.29, 1.82) is 0 Å². The molecule has 0 aliphatic carbocycles. The summed E-state index contributed by atoms with van der Waals surface area (Å²) in [5.41, 5.74) is 2.23. The topological polar surface area (TPSA) is 17.3 Å². The van der Waals surface area contributed by atoms with Gasteiger partial charge in [-0.15, -0.1) is 0 Å². The van der Waals surface area contributed by atoms with E-state index in [0.717, 1.165) is 12.1 Å². The lowest BCUT2D eigenvalue weighted by molar-refractivity contribution is 1.02. The highest BCUT2D eigenvalue weighted by atomic mass is 15.0. The van der Waals surface area contributed by atoms with Gasteiger partial charge in [0.2, 0.25) is 0 Å². The summed E-state index contributed by atoms with van der Waals surface area (Å²) in [7, 11) is 0. The van der Waals surface area contributed by atoms with E-state index < -0.39 is 0 Å². The SMILES string of the molecule is CC[CH]c1cccc2nccn12. The minimum atomic E-state index is 1.01. The molecule has 2 nitrogen and oxygen atoms in total. The molecule has 2 aromatic heterocycles. The fourth-order valence-electron chi connectivity index (χ4n) is 1.35. The first kappa shape index (κ1) is 7.35. The van der Waals surface area contributed by atoms with E-state index in [1.165, 1.54) is 5.69 Å². The number of pyridine rings is 1.